The molecule has 2 aromatic carbocycles. The van der Waals surface area contributed by atoms with Crippen molar-refractivity contribution in [1.82, 2.24) is 0 Å². The summed E-state index contributed by atoms with van der Waals surface area (Å²) in [6.45, 7) is 3.64. The van der Waals surface area contributed by atoms with Crippen LogP contribution in [0.4, 0.5) is 11.4 Å². The van der Waals surface area contributed by atoms with E-state index in [4.69, 9.17) is 16.2 Å². The number of aromatic hydroxyl groups is 2. The molecular formula is C18H20N2O3. The van der Waals surface area contributed by atoms with Gasteiger partial charge in [0.25, 0.3) is 0 Å². The molecule has 0 unspecified atom stereocenters. The summed E-state index contributed by atoms with van der Waals surface area (Å²) in [6.07, 6.45) is 6.90. The molecule has 0 atom stereocenters. The molecule has 0 amide bonds. The summed E-state index contributed by atoms with van der Waals surface area (Å²) in [4.78, 5) is 0. The average molecular weight is 312 g/mol. The van der Waals surface area contributed by atoms with Crippen molar-refractivity contribution < 1.29 is 14.9 Å². The topological polar surface area (TPSA) is 102 Å². The van der Waals surface area contributed by atoms with Gasteiger partial charge < -0.3 is 26.4 Å². The van der Waals surface area contributed by atoms with Gasteiger partial charge in [-0.25, -0.2) is 0 Å². The van der Waals surface area contributed by atoms with Crippen LogP contribution in [0, 0.1) is 0 Å². The molecule has 23 heavy (non-hydrogen) atoms. The zero-order valence-electron chi connectivity index (χ0n) is 13.1. The van der Waals surface area contributed by atoms with Crippen LogP contribution in [0.1, 0.15) is 25.0 Å². The first-order chi connectivity index (χ1) is 11.0. The average Bonchev–Trinajstić information content (AvgIpc) is 2.53. The number of phenols is 2. The van der Waals surface area contributed by atoms with E-state index >= 15 is 0 Å². The molecule has 0 aliphatic carbocycles. The van der Waals surface area contributed by atoms with Crippen molar-refractivity contribution in [2.75, 3.05) is 11.5 Å². The molecule has 2 rings (SSSR count). The van der Waals surface area contributed by atoms with Crippen molar-refractivity contribution in [3.05, 3.63) is 47.5 Å². The predicted octanol–water partition coefficient (Wildman–Crippen LogP) is 4.12. The maximum absolute atomic E-state index is 10.3. The van der Waals surface area contributed by atoms with Gasteiger partial charge in [0, 0.05) is 22.5 Å². The summed E-state index contributed by atoms with van der Waals surface area (Å²) in [5.74, 6) is 0.205. The zero-order chi connectivity index (χ0) is 17.0. The van der Waals surface area contributed by atoms with Crippen LogP contribution >= 0.6 is 0 Å². The normalized spacial score (nSPS) is 11.4. The van der Waals surface area contributed by atoms with Crippen LogP contribution in [0.3, 0.4) is 0 Å². The Morgan fingerprint density at radius 3 is 1.52 bits per heavy atom. The van der Waals surface area contributed by atoms with E-state index in [9.17, 15) is 10.2 Å². The van der Waals surface area contributed by atoms with E-state index in [1.807, 2.05) is 13.8 Å². The molecule has 0 heterocycles. The molecule has 0 aliphatic heterocycles. The van der Waals surface area contributed by atoms with Gasteiger partial charge in [-0.15, -0.1) is 0 Å². The van der Waals surface area contributed by atoms with Crippen LogP contribution in [0.2, 0.25) is 0 Å². The van der Waals surface area contributed by atoms with Gasteiger partial charge in [-0.2, -0.15) is 0 Å². The van der Waals surface area contributed by atoms with E-state index in [1.165, 1.54) is 0 Å². The Hall–Kier alpha value is -3.08. The summed E-state index contributed by atoms with van der Waals surface area (Å²) in [5, 5.41) is 20.6. The van der Waals surface area contributed by atoms with Crippen LogP contribution in [0.25, 0.3) is 12.2 Å². The Kier molecular flexibility index (Phi) is 4.81. The summed E-state index contributed by atoms with van der Waals surface area (Å²) in [7, 11) is 0. The molecule has 0 saturated heterocycles. The second-order valence-corrected chi connectivity index (χ2v) is 4.93. The smallest absolute Gasteiger partial charge is 0.170 e. The number of anilines is 2. The Morgan fingerprint density at radius 1 is 0.783 bits per heavy atom. The first kappa shape index (κ1) is 16.3. The molecule has 0 spiro atoms. The maximum Gasteiger partial charge on any atom is 0.170 e. The molecule has 0 aliphatic rings. The monoisotopic (exact) mass is 312 g/mol. The van der Waals surface area contributed by atoms with Crippen molar-refractivity contribution >= 4 is 23.5 Å². The molecule has 2 aromatic rings. The largest absolute Gasteiger partial charge is 0.504 e. The number of nitrogen functional groups attached to an aromatic ring is 2. The number of benzene rings is 2. The van der Waals surface area contributed by atoms with Gasteiger partial charge in [-0.05, 0) is 38.1 Å². The van der Waals surface area contributed by atoms with Gasteiger partial charge in [0.2, 0.25) is 0 Å². The number of phenolic OH excluding ortho intramolecular Hbond substituents is 2. The Morgan fingerprint density at radius 2 is 1.17 bits per heavy atom. The standard InChI is InChI=1S/C18H20N2O3/c1-3-5-11-13(19)7-9-15(17(11)21)23-16-10-8-14(20)12(6-4-2)18(16)22/h3-10,21-22H,19-20H2,1-2H3. The number of rotatable bonds is 4. The van der Waals surface area contributed by atoms with Crippen LogP contribution in [0.5, 0.6) is 23.0 Å². The second kappa shape index (κ2) is 6.79. The number of nitrogens with two attached hydrogens (primary N) is 2. The molecule has 0 radical (unpaired) electrons. The lowest BCUT2D eigenvalue weighted by molar-refractivity contribution is 0.385. The first-order valence-corrected chi connectivity index (χ1v) is 7.15. The van der Waals surface area contributed by atoms with E-state index in [-0.39, 0.29) is 23.0 Å². The minimum atomic E-state index is -0.0908. The fraction of sp³-hybridized carbons (Fsp3) is 0.111. The zero-order valence-corrected chi connectivity index (χ0v) is 13.1. The summed E-state index contributed by atoms with van der Waals surface area (Å²) in [6, 6.07) is 6.35. The maximum atomic E-state index is 10.3. The third-order valence-electron chi connectivity index (χ3n) is 3.31. The Balaban J connectivity index is 2.48. The van der Waals surface area contributed by atoms with Crippen LogP contribution in [-0.2, 0) is 0 Å². The molecule has 5 heteroatoms. The lowest BCUT2D eigenvalue weighted by Crippen LogP contribution is -1.95. The van der Waals surface area contributed by atoms with Gasteiger partial charge in [-0.3, -0.25) is 0 Å². The third kappa shape index (κ3) is 3.23. The van der Waals surface area contributed by atoms with Crippen LogP contribution in [0.15, 0.2) is 36.4 Å². The second-order valence-electron chi connectivity index (χ2n) is 4.93. The van der Waals surface area contributed by atoms with Gasteiger partial charge in [0.1, 0.15) is 0 Å². The number of allylic oxidation sites excluding steroid dienone is 2. The van der Waals surface area contributed by atoms with E-state index in [1.54, 1.807) is 48.6 Å². The molecule has 120 valence electrons. The molecule has 0 aromatic heterocycles. The Bertz CT molecular complexity index is 715. The molecule has 0 saturated carbocycles. The number of hydrogen-bond donors (Lipinski definition) is 4. The highest BCUT2D eigenvalue weighted by molar-refractivity contribution is 5.75. The van der Waals surface area contributed by atoms with Gasteiger partial charge in [-0.1, -0.05) is 24.3 Å². The minimum Gasteiger partial charge on any atom is -0.504 e. The molecule has 5 nitrogen and oxygen atoms in total. The summed E-state index contributed by atoms with van der Waals surface area (Å²) >= 11 is 0. The summed E-state index contributed by atoms with van der Waals surface area (Å²) in [5.41, 5.74) is 13.5. The first-order valence-electron chi connectivity index (χ1n) is 7.15. The van der Waals surface area contributed by atoms with Crippen LogP contribution < -0.4 is 16.2 Å². The van der Waals surface area contributed by atoms with Gasteiger partial charge in [0.05, 0.1) is 0 Å². The fourth-order valence-corrected chi connectivity index (χ4v) is 2.17. The summed E-state index contributed by atoms with van der Waals surface area (Å²) < 4.78 is 5.65. The van der Waals surface area contributed by atoms with Crippen molar-refractivity contribution in [3.63, 3.8) is 0 Å². The quantitative estimate of drug-likeness (QED) is 0.636. The van der Waals surface area contributed by atoms with Gasteiger partial charge in [0.15, 0.2) is 23.0 Å². The van der Waals surface area contributed by atoms with E-state index in [0.717, 1.165) is 0 Å². The van der Waals surface area contributed by atoms with E-state index in [0.29, 0.717) is 22.5 Å². The van der Waals surface area contributed by atoms with E-state index in [2.05, 4.69) is 0 Å². The minimum absolute atomic E-state index is 0.0908. The fourth-order valence-electron chi connectivity index (χ4n) is 2.17. The molecular weight excluding hydrogens is 292 g/mol. The SMILES string of the molecule is CC=Cc1c(N)ccc(Oc2ccc(N)c(C=CC)c2O)c1O. The highest BCUT2D eigenvalue weighted by Crippen LogP contribution is 2.42. The highest BCUT2D eigenvalue weighted by atomic mass is 16.5. The van der Waals surface area contributed by atoms with Gasteiger partial charge >= 0.3 is 0 Å². The lowest BCUT2D eigenvalue weighted by Gasteiger charge is -2.14. The predicted molar refractivity (Wildman–Crippen MR) is 94.5 cm³/mol. The third-order valence-corrected chi connectivity index (χ3v) is 3.31. The van der Waals surface area contributed by atoms with Crippen molar-refractivity contribution in [2.24, 2.45) is 0 Å². The van der Waals surface area contributed by atoms with Crippen molar-refractivity contribution in [2.45, 2.75) is 13.8 Å². The molecule has 0 bridgehead atoms. The van der Waals surface area contributed by atoms with Crippen molar-refractivity contribution in [3.8, 4) is 23.0 Å². The molecule has 0 fully saturated rings. The molecule has 6 N–H and O–H groups in total. The Labute approximate surface area is 135 Å². The lowest BCUT2D eigenvalue weighted by atomic mass is 10.1. The number of hydrogen-bond acceptors (Lipinski definition) is 5. The van der Waals surface area contributed by atoms with E-state index < -0.39 is 0 Å². The highest BCUT2D eigenvalue weighted by Gasteiger charge is 2.15. The van der Waals surface area contributed by atoms with Crippen molar-refractivity contribution in [1.29, 1.82) is 0 Å². The van der Waals surface area contributed by atoms with Crippen LogP contribution in [-0.4, -0.2) is 10.2 Å². The number of ether oxygens (including phenoxy) is 1.